The molecule has 1 saturated heterocycles. The Labute approximate surface area is 166 Å². The molecule has 0 N–H and O–H groups in total. The Morgan fingerprint density at radius 3 is 2.26 bits per heavy atom. The van der Waals surface area contributed by atoms with E-state index in [-0.39, 0.29) is 5.54 Å². The quantitative estimate of drug-likeness (QED) is 0.529. The summed E-state index contributed by atoms with van der Waals surface area (Å²) in [6.07, 6.45) is 15.8. The topological polar surface area (TPSA) is 37.4 Å². The number of ketones is 1. The van der Waals surface area contributed by atoms with Crippen molar-refractivity contribution >= 4 is 11.7 Å². The largest absolute Gasteiger partial charge is 0.337 e. The fraction of sp³-hybridized carbons (Fsp3) is 0.917. The maximum absolute atomic E-state index is 13.0. The number of Topliss-reactive ketones (excluding diaryl/α,β-unsaturated/α-hetero) is 1. The zero-order valence-corrected chi connectivity index (χ0v) is 18.0. The zero-order valence-electron chi connectivity index (χ0n) is 18.0. The van der Waals surface area contributed by atoms with E-state index in [0.717, 1.165) is 44.1 Å². The number of fused-ring (bicyclic) bond motifs is 2. The third kappa shape index (κ3) is 5.15. The molecule has 2 aliphatic carbocycles. The highest BCUT2D eigenvalue weighted by molar-refractivity contribution is 5.78. The number of nitrogens with zero attached hydrogens (tertiary/aromatic N) is 1. The molecule has 3 rings (SSSR count). The van der Waals surface area contributed by atoms with E-state index in [9.17, 15) is 9.59 Å². The number of hydrogen-bond acceptors (Lipinski definition) is 2. The van der Waals surface area contributed by atoms with Gasteiger partial charge in [-0.3, -0.25) is 9.59 Å². The van der Waals surface area contributed by atoms with E-state index in [1.807, 2.05) is 6.92 Å². The average molecular weight is 376 g/mol. The highest BCUT2D eigenvalue weighted by atomic mass is 16.2. The summed E-state index contributed by atoms with van der Waals surface area (Å²) < 4.78 is 0. The lowest BCUT2D eigenvalue weighted by atomic mass is 9.72. The van der Waals surface area contributed by atoms with E-state index in [2.05, 4.69) is 18.7 Å². The first kappa shape index (κ1) is 20.9. The first-order valence-corrected chi connectivity index (χ1v) is 11.7. The minimum absolute atomic E-state index is 0.137. The molecule has 0 aromatic rings. The molecule has 3 aliphatic rings. The lowest BCUT2D eigenvalue weighted by Crippen LogP contribution is -2.45. The Bertz CT molecular complexity index is 536. The summed E-state index contributed by atoms with van der Waals surface area (Å²) in [5.41, 5.74) is 0.511. The molecule has 1 amide bonds. The summed E-state index contributed by atoms with van der Waals surface area (Å²) >= 11 is 0. The van der Waals surface area contributed by atoms with Crippen molar-refractivity contribution < 1.29 is 9.59 Å². The molecule has 3 nitrogen and oxygen atoms in total. The van der Waals surface area contributed by atoms with Crippen LogP contribution in [0, 0.1) is 17.3 Å². The minimum Gasteiger partial charge on any atom is -0.337 e. The van der Waals surface area contributed by atoms with Gasteiger partial charge < -0.3 is 4.90 Å². The standard InChI is InChI=1S/C24H41NO2/c1-4-21(26)8-5-7-19-9-11-20(12-10-19)13-14-22(27)25-18-23(2)15-6-16-24(25,3)17-23/h19-20H,4-18H2,1-3H3. The molecule has 2 atom stereocenters. The minimum atomic E-state index is 0.137. The van der Waals surface area contributed by atoms with Crippen LogP contribution in [0.25, 0.3) is 0 Å². The second-order valence-corrected chi connectivity index (χ2v) is 10.5. The maximum Gasteiger partial charge on any atom is 0.223 e. The van der Waals surface area contributed by atoms with Crippen molar-refractivity contribution in [3.05, 3.63) is 0 Å². The summed E-state index contributed by atoms with van der Waals surface area (Å²) in [6.45, 7) is 7.66. The molecule has 3 heteroatoms. The lowest BCUT2D eigenvalue weighted by molar-refractivity contribution is -0.135. The van der Waals surface area contributed by atoms with E-state index >= 15 is 0 Å². The van der Waals surface area contributed by atoms with Crippen molar-refractivity contribution in [3.63, 3.8) is 0 Å². The lowest BCUT2D eigenvalue weighted by Gasteiger charge is -2.37. The molecule has 154 valence electrons. The summed E-state index contributed by atoms with van der Waals surface area (Å²) in [5.74, 6) is 2.39. The monoisotopic (exact) mass is 375 g/mol. The van der Waals surface area contributed by atoms with Crippen LogP contribution in [0.2, 0.25) is 0 Å². The zero-order chi connectivity index (χ0) is 19.5. The molecule has 0 aromatic carbocycles. The number of carbonyl (C=O) groups excluding carboxylic acids is 2. The van der Waals surface area contributed by atoms with Gasteiger partial charge in [-0.1, -0.05) is 52.4 Å². The SMILES string of the molecule is CCC(=O)CCCC1CCC(CCC(=O)N2CC3(C)CCCC2(C)C3)CC1. The molecular formula is C24H41NO2. The molecule has 0 aromatic heterocycles. The van der Waals surface area contributed by atoms with Crippen LogP contribution in [0.1, 0.15) is 111 Å². The summed E-state index contributed by atoms with van der Waals surface area (Å²) in [4.78, 5) is 26.7. The van der Waals surface area contributed by atoms with Crippen LogP contribution in [-0.2, 0) is 9.59 Å². The summed E-state index contributed by atoms with van der Waals surface area (Å²) in [6, 6.07) is 0. The van der Waals surface area contributed by atoms with Gasteiger partial charge >= 0.3 is 0 Å². The van der Waals surface area contributed by atoms with E-state index in [4.69, 9.17) is 0 Å². The second-order valence-electron chi connectivity index (χ2n) is 10.5. The van der Waals surface area contributed by atoms with Crippen LogP contribution < -0.4 is 0 Å². The fourth-order valence-electron chi connectivity index (χ4n) is 6.36. The molecule has 0 spiro atoms. The smallest absolute Gasteiger partial charge is 0.223 e. The van der Waals surface area contributed by atoms with Gasteiger partial charge in [0, 0.05) is 31.3 Å². The fourth-order valence-corrected chi connectivity index (χ4v) is 6.36. The predicted octanol–water partition coefficient (Wildman–Crippen LogP) is 5.90. The third-order valence-corrected chi connectivity index (χ3v) is 7.99. The number of hydrogen-bond donors (Lipinski definition) is 0. The van der Waals surface area contributed by atoms with E-state index < -0.39 is 0 Å². The van der Waals surface area contributed by atoms with Crippen molar-refractivity contribution in [3.8, 4) is 0 Å². The van der Waals surface area contributed by atoms with Crippen molar-refractivity contribution in [2.75, 3.05) is 6.54 Å². The van der Waals surface area contributed by atoms with Crippen LogP contribution in [0.4, 0.5) is 0 Å². The predicted molar refractivity (Wildman–Crippen MR) is 111 cm³/mol. The van der Waals surface area contributed by atoms with Crippen molar-refractivity contribution in [1.82, 2.24) is 4.90 Å². The summed E-state index contributed by atoms with van der Waals surface area (Å²) in [5, 5.41) is 0. The highest BCUT2D eigenvalue weighted by Gasteiger charge is 2.52. The molecule has 1 aliphatic heterocycles. The molecule has 2 unspecified atom stereocenters. The van der Waals surface area contributed by atoms with Crippen LogP contribution in [0.3, 0.4) is 0 Å². The second kappa shape index (κ2) is 8.66. The number of rotatable bonds is 8. The van der Waals surface area contributed by atoms with Gasteiger partial charge in [-0.2, -0.15) is 0 Å². The molecule has 3 fully saturated rings. The van der Waals surface area contributed by atoms with Gasteiger partial charge in [0.25, 0.3) is 0 Å². The van der Waals surface area contributed by atoms with E-state index in [0.29, 0.717) is 23.5 Å². The van der Waals surface area contributed by atoms with E-state index in [1.165, 1.54) is 57.8 Å². The first-order valence-electron chi connectivity index (χ1n) is 11.7. The Kier molecular flexibility index (Phi) is 6.69. The maximum atomic E-state index is 13.0. The number of carbonyl (C=O) groups is 2. The molecular weight excluding hydrogens is 334 g/mol. The van der Waals surface area contributed by atoms with Crippen molar-refractivity contribution in [2.45, 2.75) is 116 Å². The highest BCUT2D eigenvalue weighted by Crippen LogP contribution is 2.51. The van der Waals surface area contributed by atoms with Crippen LogP contribution in [-0.4, -0.2) is 28.7 Å². The van der Waals surface area contributed by atoms with Crippen LogP contribution in [0.15, 0.2) is 0 Å². The van der Waals surface area contributed by atoms with Crippen molar-refractivity contribution in [1.29, 1.82) is 0 Å². The van der Waals surface area contributed by atoms with Gasteiger partial charge in [0.15, 0.2) is 0 Å². The summed E-state index contributed by atoms with van der Waals surface area (Å²) in [7, 11) is 0. The third-order valence-electron chi connectivity index (χ3n) is 7.99. The molecule has 27 heavy (non-hydrogen) atoms. The Morgan fingerprint density at radius 1 is 0.963 bits per heavy atom. The average Bonchev–Trinajstić information content (AvgIpc) is 2.84. The van der Waals surface area contributed by atoms with Crippen molar-refractivity contribution in [2.24, 2.45) is 17.3 Å². The van der Waals surface area contributed by atoms with Crippen LogP contribution >= 0.6 is 0 Å². The molecule has 2 bridgehead atoms. The van der Waals surface area contributed by atoms with Gasteiger partial charge in [0.05, 0.1) is 0 Å². The Balaban J connectivity index is 1.37. The van der Waals surface area contributed by atoms with Gasteiger partial charge in [0.1, 0.15) is 5.78 Å². The number of amides is 1. The first-order chi connectivity index (χ1) is 12.8. The normalized spacial score (nSPS) is 36.0. The van der Waals surface area contributed by atoms with Crippen LogP contribution in [0.5, 0.6) is 0 Å². The van der Waals surface area contributed by atoms with Gasteiger partial charge in [0.2, 0.25) is 5.91 Å². The van der Waals surface area contributed by atoms with Gasteiger partial charge in [-0.15, -0.1) is 0 Å². The number of likely N-dealkylation sites (tertiary alicyclic amines) is 1. The van der Waals surface area contributed by atoms with E-state index in [1.54, 1.807) is 0 Å². The Morgan fingerprint density at radius 2 is 1.63 bits per heavy atom. The molecule has 0 radical (unpaired) electrons. The van der Waals surface area contributed by atoms with Gasteiger partial charge in [-0.25, -0.2) is 0 Å². The van der Waals surface area contributed by atoms with Gasteiger partial charge in [-0.05, 0) is 56.3 Å². The molecule has 2 saturated carbocycles. The molecule has 1 heterocycles. The Hall–Kier alpha value is -0.860.